The lowest BCUT2D eigenvalue weighted by atomic mass is 10.0. The molecule has 1 saturated heterocycles. The Kier molecular flexibility index (Phi) is 5.99. The van der Waals surface area contributed by atoms with Crippen molar-refractivity contribution < 1.29 is 13.9 Å². The van der Waals surface area contributed by atoms with Crippen LogP contribution in [0.5, 0.6) is 5.75 Å². The second kappa shape index (κ2) is 8.42. The zero-order valence-electron chi connectivity index (χ0n) is 16.2. The van der Waals surface area contributed by atoms with Gasteiger partial charge in [0.2, 0.25) is 0 Å². The average molecular weight is 370 g/mol. The lowest BCUT2D eigenvalue weighted by Crippen LogP contribution is -2.50. The Morgan fingerprint density at radius 1 is 1.07 bits per heavy atom. The second-order valence-corrected chi connectivity index (χ2v) is 7.33. The van der Waals surface area contributed by atoms with Crippen molar-refractivity contribution in [2.75, 3.05) is 37.7 Å². The van der Waals surface area contributed by atoms with Crippen molar-refractivity contribution in [1.29, 1.82) is 0 Å². The van der Waals surface area contributed by atoms with E-state index in [9.17, 15) is 9.18 Å². The molecule has 0 atom stereocenters. The van der Waals surface area contributed by atoms with Crippen LogP contribution in [0.4, 0.5) is 10.1 Å². The standard InChI is InChI=1S/C22H27FN2O2/c1-16(2)20-9-4-17(3)14-21(20)27-15-22(26)25-12-10-24(11-13-25)19-7-5-18(23)6-8-19/h4-9,14,16H,10-13,15H2,1-3H3. The fraction of sp³-hybridized carbons (Fsp3) is 0.409. The van der Waals surface area contributed by atoms with Gasteiger partial charge in [0.25, 0.3) is 5.91 Å². The monoisotopic (exact) mass is 370 g/mol. The lowest BCUT2D eigenvalue weighted by molar-refractivity contribution is -0.133. The zero-order chi connectivity index (χ0) is 19.4. The van der Waals surface area contributed by atoms with E-state index in [0.717, 1.165) is 35.7 Å². The van der Waals surface area contributed by atoms with Gasteiger partial charge in [0.05, 0.1) is 0 Å². The summed E-state index contributed by atoms with van der Waals surface area (Å²) in [5.74, 6) is 0.907. The molecule has 0 bridgehead atoms. The number of aryl methyl sites for hydroxylation is 1. The van der Waals surface area contributed by atoms with Gasteiger partial charge in [0, 0.05) is 31.9 Å². The fourth-order valence-corrected chi connectivity index (χ4v) is 3.34. The van der Waals surface area contributed by atoms with Gasteiger partial charge in [-0.05, 0) is 54.3 Å². The predicted octanol–water partition coefficient (Wildman–Crippen LogP) is 3.99. The second-order valence-electron chi connectivity index (χ2n) is 7.33. The molecule has 1 heterocycles. The molecule has 0 N–H and O–H groups in total. The number of hydrogen-bond acceptors (Lipinski definition) is 3. The Labute approximate surface area is 160 Å². The van der Waals surface area contributed by atoms with E-state index >= 15 is 0 Å². The summed E-state index contributed by atoms with van der Waals surface area (Å²) in [5, 5.41) is 0. The first kappa shape index (κ1) is 19.2. The van der Waals surface area contributed by atoms with Crippen molar-refractivity contribution in [3.8, 4) is 5.75 Å². The van der Waals surface area contributed by atoms with Gasteiger partial charge in [-0.2, -0.15) is 0 Å². The third kappa shape index (κ3) is 4.79. The highest BCUT2D eigenvalue weighted by molar-refractivity contribution is 5.78. The summed E-state index contributed by atoms with van der Waals surface area (Å²) in [5.41, 5.74) is 3.23. The average Bonchev–Trinajstić information content (AvgIpc) is 2.66. The summed E-state index contributed by atoms with van der Waals surface area (Å²) in [6, 6.07) is 12.6. The van der Waals surface area contributed by atoms with Crippen LogP contribution >= 0.6 is 0 Å². The van der Waals surface area contributed by atoms with Gasteiger partial charge in [-0.1, -0.05) is 26.0 Å². The smallest absolute Gasteiger partial charge is 0.260 e. The van der Waals surface area contributed by atoms with E-state index in [-0.39, 0.29) is 18.3 Å². The van der Waals surface area contributed by atoms with Gasteiger partial charge in [-0.3, -0.25) is 4.79 Å². The molecule has 144 valence electrons. The number of anilines is 1. The Bertz CT molecular complexity index is 781. The summed E-state index contributed by atoms with van der Waals surface area (Å²) >= 11 is 0. The van der Waals surface area contributed by atoms with E-state index in [1.165, 1.54) is 12.1 Å². The van der Waals surface area contributed by atoms with Crippen molar-refractivity contribution in [2.24, 2.45) is 0 Å². The number of ether oxygens (including phenoxy) is 1. The summed E-state index contributed by atoms with van der Waals surface area (Å²) in [6.07, 6.45) is 0. The minimum Gasteiger partial charge on any atom is -0.483 e. The number of nitrogens with zero attached hydrogens (tertiary/aromatic N) is 2. The third-order valence-electron chi connectivity index (χ3n) is 4.97. The maximum atomic E-state index is 13.1. The Morgan fingerprint density at radius 3 is 2.37 bits per heavy atom. The van der Waals surface area contributed by atoms with Crippen LogP contribution in [0.2, 0.25) is 0 Å². The molecule has 0 aromatic heterocycles. The normalized spacial score (nSPS) is 14.6. The highest BCUT2D eigenvalue weighted by Gasteiger charge is 2.22. The molecule has 0 radical (unpaired) electrons. The van der Waals surface area contributed by atoms with E-state index in [4.69, 9.17) is 4.74 Å². The van der Waals surface area contributed by atoms with Gasteiger partial charge in [0.15, 0.2) is 6.61 Å². The van der Waals surface area contributed by atoms with Crippen molar-refractivity contribution in [1.82, 2.24) is 4.90 Å². The molecule has 0 aliphatic carbocycles. The van der Waals surface area contributed by atoms with Crippen LogP contribution in [0.15, 0.2) is 42.5 Å². The third-order valence-corrected chi connectivity index (χ3v) is 4.97. The molecular formula is C22H27FN2O2. The Morgan fingerprint density at radius 2 is 1.74 bits per heavy atom. The number of benzene rings is 2. The molecule has 4 nitrogen and oxygen atoms in total. The quantitative estimate of drug-likeness (QED) is 0.798. The number of hydrogen-bond donors (Lipinski definition) is 0. The first-order valence-corrected chi connectivity index (χ1v) is 9.45. The van der Waals surface area contributed by atoms with Gasteiger partial charge in [-0.25, -0.2) is 4.39 Å². The van der Waals surface area contributed by atoms with E-state index in [0.29, 0.717) is 19.0 Å². The van der Waals surface area contributed by atoms with E-state index in [1.807, 2.05) is 17.9 Å². The molecule has 1 aliphatic rings. The SMILES string of the molecule is Cc1ccc(C(C)C)c(OCC(=O)N2CCN(c3ccc(F)cc3)CC2)c1. The number of carbonyl (C=O) groups excluding carboxylic acids is 1. The number of rotatable bonds is 5. The van der Waals surface area contributed by atoms with Crippen LogP contribution in [0.3, 0.4) is 0 Å². The molecule has 1 fully saturated rings. The van der Waals surface area contributed by atoms with Crippen LogP contribution in [0, 0.1) is 12.7 Å². The van der Waals surface area contributed by atoms with E-state index in [1.54, 1.807) is 12.1 Å². The number of carbonyl (C=O) groups is 1. The van der Waals surface area contributed by atoms with Crippen molar-refractivity contribution in [3.05, 3.63) is 59.4 Å². The molecule has 0 saturated carbocycles. The van der Waals surface area contributed by atoms with Crippen molar-refractivity contribution in [2.45, 2.75) is 26.7 Å². The fourth-order valence-electron chi connectivity index (χ4n) is 3.34. The first-order chi connectivity index (χ1) is 12.9. The predicted molar refractivity (Wildman–Crippen MR) is 106 cm³/mol. The largest absolute Gasteiger partial charge is 0.483 e. The minimum absolute atomic E-state index is 0.00460. The summed E-state index contributed by atoms with van der Waals surface area (Å²) in [4.78, 5) is 16.6. The summed E-state index contributed by atoms with van der Waals surface area (Å²) in [7, 11) is 0. The molecule has 0 spiro atoms. The van der Waals surface area contributed by atoms with Gasteiger partial charge < -0.3 is 14.5 Å². The van der Waals surface area contributed by atoms with E-state index in [2.05, 4.69) is 30.9 Å². The molecule has 3 rings (SSSR count). The number of halogens is 1. The van der Waals surface area contributed by atoms with Crippen LogP contribution in [0.1, 0.15) is 30.9 Å². The Balaban J connectivity index is 1.54. The topological polar surface area (TPSA) is 32.8 Å². The van der Waals surface area contributed by atoms with Gasteiger partial charge >= 0.3 is 0 Å². The molecule has 2 aromatic carbocycles. The van der Waals surface area contributed by atoms with Gasteiger partial charge in [-0.15, -0.1) is 0 Å². The van der Waals surface area contributed by atoms with Crippen LogP contribution in [-0.4, -0.2) is 43.6 Å². The molecule has 0 unspecified atom stereocenters. The summed E-state index contributed by atoms with van der Waals surface area (Å²) in [6.45, 7) is 9.07. The molecule has 1 amide bonds. The van der Waals surface area contributed by atoms with Crippen LogP contribution in [-0.2, 0) is 4.79 Å². The molecule has 2 aromatic rings. The molecule has 1 aliphatic heterocycles. The maximum Gasteiger partial charge on any atom is 0.260 e. The molecule has 5 heteroatoms. The van der Waals surface area contributed by atoms with Crippen molar-refractivity contribution >= 4 is 11.6 Å². The highest BCUT2D eigenvalue weighted by Crippen LogP contribution is 2.27. The first-order valence-electron chi connectivity index (χ1n) is 9.45. The van der Waals surface area contributed by atoms with E-state index < -0.39 is 0 Å². The molecule has 27 heavy (non-hydrogen) atoms. The maximum absolute atomic E-state index is 13.1. The van der Waals surface area contributed by atoms with Gasteiger partial charge in [0.1, 0.15) is 11.6 Å². The summed E-state index contributed by atoms with van der Waals surface area (Å²) < 4.78 is 18.9. The van der Waals surface area contributed by atoms with Crippen LogP contribution < -0.4 is 9.64 Å². The van der Waals surface area contributed by atoms with Crippen LogP contribution in [0.25, 0.3) is 0 Å². The lowest BCUT2D eigenvalue weighted by Gasteiger charge is -2.36. The minimum atomic E-state index is -0.235. The highest BCUT2D eigenvalue weighted by atomic mass is 19.1. The number of piperazine rings is 1. The Hall–Kier alpha value is -2.56. The zero-order valence-corrected chi connectivity index (χ0v) is 16.2. The molecular weight excluding hydrogens is 343 g/mol. The number of amides is 1. The van der Waals surface area contributed by atoms with Crippen molar-refractivity contribution in [3.63, 3.8) is 0 Å².